The summed E-state index contributed by atoms with van der Waals surface area (Å²) in [5, 5.41) is 9.47. The van der Waals surface area contributed by atoms with Crippen LogP contribution >= 0.6 is 0 Å². The zero-order valence-corrected chi connectivity index (χ0v) is 14.2. The minimum absolute atomic E-state index is 0.0933. The summed E-state index contributed by atoms with van der Waals surface area (Å²) in [5.74, 6) is 0.123. The van der Waals surface area contributed by atoms with Gasteiger partial charge in [-0.2, -0.15) is 5.10 Å². The highest BCUT2D eigenvalue weighted by Crippen LogP contribution is 2.26. The average Bonchev–Trinajstić information content (AvgIpc) is 3.07. The van der Waals surface area contributed by atoms with Gasteiger partial charge in [0.05, 0.1) is 37.6 Å². The number of carbonyl (C=O) groups is 1. The fraction of sp³-hybridized carbons (Fsp3) is 0.300. The molecule has 0 spiro atoms. The number of amides is 1. The van der Waals surface area contributed by atoms with Crippen LogP contribution in [0.4, 0.5) is 0 Å². The lowest BCUT2D eigenvalue weighted by atomic mass is 10.0. The number of hydrogen-bond acceptors (Lipinski definition) is 3. The van der Waals surface area contributed by atoms with E-state index in [4.69, 9.17) is 4.74 Å². The zero-order valence-electron chi connectivity index (χ0n) is 14.2. The molecule has 0 saturated carbocycles. The molecule has 1 aliphatic rings. The first-order valence-electron chi connectivity index (χ1n) is 8.57. The highest BCUT2D eigenvalue weighted by atomic mass is 16.5. The van der Waals surface area contributed by atoms with Crippen LogP contribution in [0.5, 0.6) is 0 Å². The van der Waals surface area contributed by atoms with Gasteiger partial charge in [0.2, 0.25) is 5.91 Å². The number of aromatic amines is 1. The predicted octanol–water partition coefficient (Wildman–Crippen LogP) is 3.01. The average molecular weight is 335 g/mol. The van der Waals surface area contributed by atoms with Gasteiger partial charge >= 0.3 is 0 Å². The van der Waals surface area contributed by atoms with Gasteiger partial charge in [-0.1, -0.05) is 42.5 Å². The van der Waals surface area contributed by atoms with E-state index in [0.717, 1.165) is 22.2 Å². The van der Waals surface area contributed by atoms with Crippen molar-refractivity contribution in [2.45, 2.75) is 19.4 Å². The van der Waals surface area contributed by atoms with Gasteiger partial charge in [0, 0.05) is 6.54 Å². The molecule has 0 bridgehead atoms. The van der Waals surface area contributed by atoms with Crippen molar-refractivity contribution in [2.75, 3.05) is 19.8 Å². The van der Waals surface area contributed by atoms with Crippen LogP contribution in [0.25, 0.3) is 10.8 Å². The fourth-order valence-electron chi connectivity index (χ4n) is 3.46. The number of nitrogens with zero attached hydrogens (tertiary/aromatic N) is 2. The van der Waals surface area contributed by atoms with Crippen molar-refractivity contribution in [2.24, 2.45) is 0 Å². The summed E-state index contributed by atoms with van der Waals surface area (Å²) in [5.41, 5.74) is 3.06. The maximum absolute atomic E-state index is 13.0. The van der Waals surface area contributed by atoms with Crippen molar-refractivity contribution in [1.82, 2.24) is 15.1 Å². The molecule has 25 heavy (non-hydrogen) atoms. The highest BCUT2D eigenvalue weighted by Gasteiger charge is 2.30. The van der Waals surface area contributed by atoms with E-state index in [9.17, 15) is 4.79 Å². The normalized spacial score (nSPS) is 17.8. The second-order valence-corrected chi connectivity index (χ2v) is 6.50. The zero-order chi connectivity index (χ0) is 17.2. The molecule has 4 rings (SSSR count). The van der Waals surface area contributed by atoms with Gasteiger partial charge in [-0.3, -0.25) is 9.89 Å². The molecule has 0 unspecified atom stereocenters. The third-order valence-corrected chi connectivity index (χ3v) is 4.82. The van der Waals surface area contributed by atoms with Crippen LogP contribution in [-0.4, -0.2) is 40.8 Å². The smallest absolute Gasteiger partial charge is 0.227 e. The van der Waals surface area contributed by atoms with Crippen LogP contribution in [0.2, 0.25) is 0 Å². The van der Waals surface area contributed by atoms with Gasteiger partial charge in [0.1, 0.15) is 0 Å². The molecule has 0 aliphatic carbocycles. The number of aryl methyl sites for hydroxylation is 1. The molecule has 5 nitrogen and oxygen atoms in total. The Kier molecular flexibility index (Phi) is 4.24. The summed E-state index contributed by atoms with van der Waals surface area (Å²) >= 11 is 0. The monoisotopic (exact) mass is 335 g/mol. The molecule has 1 atom stereocenters. The SMILES string of the molecule is Cc1cn[nH]c1[C@@H]1COCCN1C(=O)Cc1ccc2ccccc2c1. The molecule has 2 heterocycles. The Morgan fingerprint density at radius 3 is 2.92 bits per heavy atom. The number of ether oxygens (including phenoxy) is 1. The molecule has 1 N–H and O–H groups in total. The van der Waals surface area contributed by atoms with E-state index >= 15 is 0 Å². The van der Waals surface area contributed by atoms with Crippen molar-refractivity contribution in [3.8, 4) is 0 Å². The number of morpholine rings is 1. The minimum Gasteiger partial charge on any atom is -0.377 e. The molecular formula is C20H21N3O2. The molecule has 2 aromatic carbocycles. The first kappa shape index (κ1) is 15.8. The summed E-state index contributed by atoms with van der Waals surface area (Å²) in [7, 11) is 0. The second-order valence-electron chi connectivity index (χ2n) is 6.50. The van der Waals surface area contributed by atoms with Gasteiger partial charge < -0.3 is 9.64 Å². The molecule has 1 fully saturated rings. The quantitative estimate of drug-likeness (QED) is 0.800. The largest absolute Gasteiger partial charge is 0.377 e. The Morgan fingerprint density at radius 2 is 2.12 bits per heavy atom. The minimum atomic E-state index is -0.0933. The number of H-pyrrole nitrogens is 1. The van der Waals surface area contributed by atoms with Gasteiger partial charge in [-0.05, 0) is 28.8 Å². The molecule has 1 saturated heterocycles. The maximum Gasteiger partial charge on any atom is 0.227 e. The fourth-order valence-corrected chi connectivity index (χ4v) is 3.46. The Balaban J connectivity index is 1.56. The van der Waals surface area contributed by atoms with Crippen LogP contribution < -0.4 is 0 Å². The maximum atomic E-state index is 13.0. The topological polar surface area (TPSA) is 58.2 Å². The van der Waals surface area contributed by atoms with E-state index in [0.29, 0.717) is 26.2 Å². The van der Waals surface area contributed by atoms with Crippen LogP contribution in [0.15, 0.2) is 48.7 Å². The molecular weight excluding hydrogens is 314 g/mol. The van der Waals surface area contributed by atoms with Crippen LogP contribution in [0, 0.1) is 6.92 Å². The number of carbonyl (C=O) groups excluding carboxylic acids is 1. The molecule has 0 radical (unpaired) electrons. The molecule has 1 aromatic heterocycles. The summed E-state index contributed by atoms with van der Waals surface area (Å²) in [6, 6.07) is 14.3. The first-order valence-corrected chi connectivity index (χ1v) is 8.57. The van der Waals surface area contributed by atoms with E-state index < -0.39 is 0 Å². The van der Waals surface area contributed by atoms with E-state index in [1.165, 1.54) is 5.39 Å². The van der Waals surface area contributed by atoms with Crippen molar-refractivity contribution in [3.05, 3.63) is 65.5 Å². The van der Waals surface area contributed by atoms with Crippen molar-refractivity contribution >= 4 is 16.7 Å². The summed E-state index contributed by atoms with van der Waals surface area (Å²) in [6.07, 6.45) is 2.18. The third-order valence-electron chi connectivity index (χ3n) is 4.82. The van der Waals surface area contributed by atoms with Gasteiger partial charge in [0.25, 0.3) is 0 Å². The predicted molar refractivity (Wildman–Crippen MR) is 96.2 cm³/mol. The molecule has 1 aliphatic heterocycles. The number of aromatic nitrogens is 2. The highest BCUT2D eigenvalue weighted by molar-refractivity contribution is 5.85. The van der Waals surface area contributed by atoms with Crippen molar-refractivity contribution in [1.29, 1.82) is 0 Å². The Morgan fingerprint density at radius 1 is 1.28 bits per heavy atom. The lowest BCUT2D eigenvalue weighted by molar-refractivity contribution is -0.139. The van der Waals surface area contributed by atoms with Gasteiger partial charge in [-0.15, -0.1) is 0 Å². The van der Waals surface area contributed by atoms with Gasteiger partial charge in [0.15, 0.2) is 0 Å². The van der Waals surface area contributed by atoms with E-state index in [2.05, 4.69) is 34.5 Å². The van der Waals surface area contributed by atoms with E-state index in [1.54, 1.807) is 6.20 Å². The molecule has 5 heteroatoms. The Labute approximate surface area is 146 Å². The first-order chi connectivity index (χ1) is 12.2. The van der Waals surface area contributed by atoms with Crippen LogP contribution in [0.3, 0.4) is 0 Å². The lowest BCUT2D eigenvalue weighted by Gasteiger charge is -2.35. The number of nitrogens with one attached hydrogen (secondary N) is 1. The van der Waals surface area contributed by atoms with Crippen LogP contribution in [0.1, 0.15) is 22.9 Å². The number of fused-ring (bicyclic) bond motifs is 1. The van der Waals surface area contributed by atoms with E-state index in [-0.39, 0.29) is 11.9 Å². The lowest BCUT2D eigenvalue weighted by Crippen LogP contribution is -2.44. The summed E-state index contributed by atoms with van der Waals surface area (Å²) in [6.45, 7) is 3.69. The van der Waals surface area contributed by atoms with Crippen molar-refractivity contribution in [3.63, 3.8) is 0 Å². The number of benzene rings is 2. The Bertz CT molecular complexity index is 903. The summed E-state index contributed by atoms with van der Waals surface area (Å²) in [4.78, 5) is 14.9. The molecule has 1 amide bonds. The van der Waals surface area contributed by atoms with Crippen molar-refractivity contribution < 1.29 is 9.53 Å². The van der Waals surface area contributed by atoms with E-state index in [1.807, 2.05) is 30.0 Å². The molecule has 3 aromatic rings. The van der Waals surface area contributed by atoms with Gasteiger partial charge in [-0.25, -0.2) is 0 Å². The summed E-state index contributed by atoms with van der Waals surface area (Å²) < 4.78 is 5.61. The Hall–Kier alpha value is -2.66. The number of hydrogen-bond donors (Lipinski definition) is 1. The third kappa shape index (κ3) is 3.15. The molecule has 128 valence electrons. The standard InChI is InChI=1S/C20H21N3O2/c1-14-12-21-22-20(14)18-13-25-9-8-23(18)19(24)11-15-6-7-16-4-2-3-5-17(16)10-15/h2-7,10,12,18H,8-9,11,13H2,1H3,(H,21,22)/t18-/m0/s1. The van der Waals surface area contributed by atoms with Crippen LogP contribution in [-0.2, 0) is 16.0 Å². The second kappa shape index (κ2) is 6.69. The number of rotatable bonds is 3.